The summed E-state index contributed by atoms with van der Waals surface area (Å²) in [6.45, 7) is 1.50. The summed E-state index contributed by atoms with van der Waals surface area (Å²) in [6.07, 6.45) is 2.74. The van der Waals surface area contributed by atoms with Crippen molar-refractivity contribution in [2.45, 2.75) is 18.9 Å². The van der Waals surface area contributed by atoms with E-state index in [0.29, 0.717) is 5.02 Å². The summed E-state index contributed by atoms with van der Waals surface area (Å²) >= 11 is 11.9. The SMILES string of the molecule is CN1CCC(NC(=O)CN(c2ccc(Cl)cc2Cl)S(C)(=O)=O)CC1. The van der Waals surface area contributed by atoms with Gasteiger partial charge in [-0.15, -0.1) is 0 Å². The van der Waals surface area contributed by atoms with Crippen LogP contribution in [0, 0.1) is 0 Å². The fourth-order valence-corrected chi connectivity index (χ4v) is 4.05. The zero-order chi connectivity index (χ0) is 17.9. The molecule has 1 fully saturated rings. The number of halogens is 2. The Labute approximate surface area is 152 Å². The minimum Gasteiger partial charge on any atom is -0.352 e. The van der Waals surface area contributed by atoms with Gasteiger partial charge in [-0.05, 0) is 51.2 Å². The van der Waals surface area contributed by atoms with Gasteiger partial charge in [-0.25, -0.2) is 8.42 Å². The summed E-state index contributed by atoms with van der Waals surface area (Å²) in [6, 6.07) is 4.55. The topological polar surface area (TPSA) is 69.7 Å². The normalized spacial score (nSPS) is 16.8. The van der Waals surface area contributed by atoms with Crippen LogP contribution in [0.1, 0.15) is 12.8 Å². The van der Waals surface area contributed by atoms with Crippen LogP contribution < -0.4 is 9.62 Å². The molecule has 1 saturated heterocycles. The van der Waals surface area contributed by atoms with Gasteiger partial charge in [0.1, 0.15) is 6.54 Å². The maximum absolute atomic E-state index is 12.3. The second-order valence-corrected chi connectivity index (χ2v) is 8.76. The van der Waals surface area contributed by atoms with E-state index in [9.17, 15) is 13.2 Å². The van der Waals surface area contributed by atoms with Gasteiger partial charge in [0.25, 0.3) is 0 Å². The molecule has 0 radical (unpaired) electrons. The van der Waals surface area contributed by atoms with Crippen LogP contribution in [0.4, 0.5) is 5.69 Å². The highest BCUT2D eigenvalue weighted by Gasteiger charge is 2.25. The van der Waals surface area contributed by atoms with Gasteiger partial charge < -0.3 is 10.2 Å². The Balaban J connectivity index is 2.10. The van der Waals surface area contributed by atoms with Crippen molar-refractivity contribution in [3.05, 3.63) is 28.2 Å². The van der Waals surface area contributed by atoms with Crippen LogP contribution >= 0.6 is 23.2 Å². The first-order chi connectivity index (χ1) is 11.2. The quantitative estimate of drug-likeness (QED) is 0.829. The molecule has 1 aliphatic heterocycles. The lowest BCUT2D eigenvalue weighted by molar-refractivity contribution is -0.120. The minimum absolute atomic E-state index is 0.0656. The number of carbonyl (C=O) groups excluding carboxylic acids is 1. The first-order valence-electron chi connectivity index (χ1n) is 7.57. The molecule has 1 aliphatic rings. The van der Waals surface area contributed by atoms with E-state index in [1.54, 1.807) is 0 Å². The fraction of sp³-hybridized carbons (Fsp3) is 0.533. The third-order valence-corrected chi connectivity index (χ3v) is 5.61. The molecule has 0 unspecified atom stereocenters. The molecule has 1 amide bonds. The van der Waals surface area contributed by atoms with Gasteiger partial charge in [-0.3, -0.25) is 9.10 Å². The zero-order valence-corrected chi connectivity index (χ0v) is 16.0. The van der Waals surface area contributed by atoms with Crippen molar-refractivity contribution < 1.29 is 13.2 Å². The summed E-state index contributed by atoms with van der Waals surface area (Å²) in [4.78, 5) is 14.5. The average Bonchev–Trinajstić information content (AvgIpc) is 2.47. The molecule has 0 aromatic heterocycles. The van der Waals surface area contributed by atoms with Crippen LogP contribution in [0.5, 0.6) is 0 Å². The first-order valence-corrected chi connectivity index (χ1v) is 10.2. The van der Waals surface area contributed by atoms with Crippen LogP contribution in [0.25, 0.3) is 0 Å². The summed E-state index contributed by atoms with van der Waals surface area (Å²) in [5, 5.41) is 3.48. The summed E-state index contributed by atoms with van der Waals surface area (Å²) in [7, 11) is -1.63. The minimum atomic E-state index is -3.66. The van der Waals surface area contributed by atoms with Crippen molar-refractivity contribution in [3.8, 4) is 0 Å². The maximum Gasteiger partial charge on any atom is 0.240 e. The van der Waals surface area contributed by atoms with E-state index >= 15 is 0 Å². The molecule has 2 rings (SSSR count). The molecule has 0 atom stereocenters. The second-order valence-electron chi connectivity index (χ2n) is 6.01. The standard InChI is InChI=1S/C15H21Cl2N3O3S/c1-19-7-5-12(6-8-19)18-15(21)10-20(24(2,22)23)14-4-3-11(16)9-13(14)17/h3-4,9,12H,5-8,10H2,1-2H3,(H,18,21). The van der Waals surface area contributed by atoms with Crippen molar-refractivity contribution >= 4 is 44.8 Å². The van der Waals surface area contributed by atoms with E-state index in [1.165, 1.54) is 18.2 Å². The van der Waals surface area contributed by atoms with Gasteiger partial charge in [0.05, 0.1) is 17.0 Å². The first kappa shape index (κ1) is 19.3. The second kappa shape index (κ2) is 7.91. The molecular weight excluding hydrogens is 373 g/mol. The number of rotatable bonds is 5. The lowest BCUT2D eigenvalue weighted by Gasteiger charge is -2.30. The smallest absolute Gasteiger partial charge is 0.240 e. The van der Waals surface area contributed by atoms with Gasteiger partial charge in [-0.1, -0.05) is 23.2 Å². The lowest BCUT2D eigenvalue weighted by atomic mass is 10.1. The molecule has 24 heavy (non-hydrogen) atoms. The van der Waals surface area contributed by atoms with Crippen LogP contribution in [-0.2, 0) is 14.8 Å². The number of piperidine rings is 1. The third kappa shape index (κ3) is 5.24. The number of likely N-dealkylation sites (tertiary alicyclic amines) is 1. The number of sulfonamides is 1. The Bertz CT molecular complexity index is 704. The zero-order valence-electron chi connectivity index (χ0n) is 13.6. The molecule has 0 spiro atoms. The molecule has 6 nitrogen and oxygen atoms in total. The highest BCUT2D eigenvalue weighted by atomic mass is 35.5. The monoisotopic (exact) mass is 393 g/mol. The summed E-state index contributed by atoms with van der Waals surface area (Å²) in [5.41, 5.74) is 0.238. The number of benzene rings is 1. The van der Waals surface area contributed by atoms with Crippen LogP contribution in [0.2, 0.25) is 10.0 Å². The summed E-state index contributed by atoms with van der Waals surface area (Å²) < 4.78 is 25.2. The van der Waals surface area contributed by atoms with Crippen LogP contribution in [0.3, 0.4) is 0 Å². The number of hydrogen-bond donors (Lipinski definition) is 1. The highest BCUT2D eigenvalue weighted by Crippen LogP contribution is 2.30. The molecule has 0 saturated carbocycles. The Morgan fingerprint density at radius 2 is 1.96 bits per heavy atom. The number of nitrogens with one attached hydrogen (secondary N) is 1. The van der Waals surface area contributed by atoms with Crippen LogP contribution in [-0.4, -0.2) is 58.2 Å². The van der Waals surface area contributed by atoms with Crippen LogP contribution in [0.15, 0.2) is 18.2 Å². The Morgan fingerprint density at radius 1 is 1.33 bits per heavy atom. The van der Waals surface area contributed by atoms with Crippen molar-refractivity contribution in [1.29, 1.82) is 0 Å². The van der Waals surface area contributed by atoms with E-state index in [2.05, 4.69) is 10.2 Å². The molecule has 0 aliphatic carbocycles. The average molecular weight is 394 g/mol. The van der Waals surface area contributed by atoms with E-state index in [0.717, 1.165) is 36.5 Å². The van der Waals surface area contributed by atoms with E-state index in [4.69, 9.17) is 23.2 Å². The van der Waals surface area contributed by atoms with Gasteiger partial charge in [0, 0.05) is 11.1 Å². The van der Waals surface area contributed by atoms with Gasteiger partial charge in [0.2, 0.25) is 15.9 Å². The van der Waals surface area contributed by atoms with Crippen molar-refractivity contribution in [2.75, 3.05) is 37.2 Å². The Hall–Kier alpha value is -1.02. The molecule has 1 aromatic rings. The van der Waals surface area contributed by atoms with Crippen molar-refractivity contribution in [2.24, 2.45) is 0 Å². The van der Waals surface area contributed by atoms with E-state index < -0.39 is 10.0 Å². The number of nitrogens with zero attached hydrogens (tertiary/aromatic N) is 2. The molecule has 1 heterocycles. The number of hydrogen-bond acceptors (Lipinski definition) is 4. The fourth-order valence-electron chi connectivity index (χ4n) is 2.62. The predicted octanol–water partition coefficient (Wildman–Crippen LogP) is 1.97. The van der Waals surface area contributed by atoms with E-state index in [-0.39, 0.29) is 29.2 Å². The highest BCUT2D eigenvalue weighted by molar-refractivity contribution is 7.92. The summed E-state index contributed by atoms with van der Waals surface area (Å²) in [5.74, 6) is -0.346. The Kier molecular flexibility index (Phi) is 6.36. The molecule has 9 heteroatoms. The number of carbonyl (C=O) groups is 1. The molecule has 1 N–H and O–H groups in total. The van der Waals surface area contributed by atoms with E-state index in [1.807, 2.05) is 7.05 Å². The maximum atomic E-state index is 12.3. The predicted molar refractivity (Wildman–Crippen MR) is 97.3 cm³/mol. The van der Waals surface area contributed by atoms with Gasteiger partial charge in [-0.2, -0.15) is 0 Å². The third-order valence-electron chi connectivity index (χ3n) is 3.95. The number of amides is 1. The Morgan fingerprint density at radius 3 is 2.50 bits per heavy atom. The number of anilines is 1. The van der Waals surface area contributed by atoms with Gasteiger partial charge in [0.15, 0.2) is 0 Å². The largest absolute Gasteiger partial charge is 0.352 e. The molecule has 0 bridgehead atoms. The van der Waals surface area contributed by atoms with Crippen molar-refractivity contribution in [3.63, 3.8) is 0 Å². The van der Waals surface area contributed by atoms with Crippen molar-refractivity contribution in [1.82, 2.24) is 10.2 Å². The molecule has 134 valence electrons. The molecular formula is C15H21Cl2N3O3S. The lowest BCUT2D eigenvalue weighted by Crippen LogP contribution is -2.47. The molecule has 1 aromatic carbocycles. The van der Waals surface area contributed by atoms with Gasteiger partial charge >= 0.3 is 0 Å².